The fourth-order valence-electron chi connectivity index (χ4n) is 1.64. The Kier molecular flexibility index (Phi) is 13.2. The highest BCUT2D eigenvalue weighted by molar-refractivity contribution is 14.0. The summed E-state index contributed by atoms with van der Waals surface area (Å²) in [6, 6.07) is 3.70. The molecular formula is C14H25IN4O2S. The summed E-state index contributed by atoms with van der Waals surface area (Å²) >= 11 is 1.45. The second kappa shape index (κ2) is 13.8. The van der Waals surface area contributed by atoms with Gasteiger partial charge in [-0.25, -0.2) is 0 Å². The zero-order chi connectivity index (χ0) is 15.3. The molecule has 1 amide bonds. The zero-order valence-corrected chi connectivity index (χ0v) is 16.2. The van der Waals surface area contributed by atoms with Crippen molar-refractivity contribution in [3.63, 3.8) is 0 Å². The van der Waals surface area contributed by atoms with Gasteiger partial charge >= 0.3 is 0 Å². The number of nitrogens with one attached hydrogen (secondary N) is 3. The molecule has 0 aliphatic rings. The van der Waals surface area contributed by atoms with E-state index in [1.54, 1.807) is 14.2 Å². The van der Waals surface area contributed by atoms with E-state index in [1.807, 2.05) is 17.5 Å². The Morgan fingerprint density at radius 3 is 2.50 bits per heavy atom. The van der Waals surface area contributed by atoms with Crippen molar-refractivity contribution in [2.24, 2.45) is 4.99 Å². The standard InChI is InChI=1S/C14H24N4O2S.HI/c1-15-14(18-9-5-10-20-2)17-8-4-7-16-13(19)12-6-3-11-21-12;/h3,6,11H,4-5,7-10H2,1-2H3,(H,16,19)(H2,15,17,18);1H. The first kappa shape index (κ1) is 21.1. The molecule has 0 aliphatic carbocycles. The van der Waals surface area contributed by atoms with Gasteiger partial charge in [0, 0.05) is 40.4 Å². The van der Waals surface area contributed by atoms with E-state index in [2.05, 4.69) is 20.9 Å². The molecule has 126 valence electrons. The lowest BCUT2D eigenvalue weighted by Gasteiger charge is -2.11. The molecule has 1 rings (SSSR count). The molecule has 0 fully saturated rings. The fourth-order valence-corrected chi connectivity index (χ4v) is 2.28. The van der Waals surface area contributed by atoms with Crippen LogP contribution in [0, 0.1) is 0 Å². The summed E-state index contributed by atoms with van der Waals surface area (Å²) in [7, 11) is 3.43. The average molecular weight is 440 g/mol. The van der Waals surface area contributed by atoms with Crippen molar-refractivity contribution < 1.29 is 9.53 Å². The van der Waals surface area contributed by atoms with E-state index in [-0.39, 0.29) is 29.9 Å². The summed E-state index contributed by atoms with van der Waals surface area (Å²) in [4.78, 5) is 16.6. The van der Waals surface area contributed by atoms with Crippen LogP contribution in [0.15, 0.2) is 22.5 Å². The van der Waals surface area contributed by atoms with E-state index in [1.165, 1.54) is 11.3 Å². The van der Waals surface area contributed by atoms with Crippen LogP contribution in [0.3, 0.4) is 0 Å². The summed E-state index contributed by atoms with van der Waals surface area (Å²) in [5, 5.41) is 11.2. The van der Waals surface area contributed by atoms with Crippen molar-refractivity contribution in [1.82, 2.24) is 16.0 Å². The number of amides is 1. The number of guanidine groups is 1. The summed E-state index contributed by atoms with van der Waals surface area (Å²) in [6.07, 6.45) is 1.78. The Bertz CT molecular complexity index is 426. The van der Waals surface area contributed by atoms with Gasteiger partial charge < -0.3 is 20.7 Å². The maximum absolute atomic E-state index is 11.7. The van der Waals surface area contributed by atoms with E-state index >= 15 is 0 Å². The van der Waals surface area contributed by atoms with Gasteiger partial charge in [0.25, 0.3) is 5.91 Å². The lowest BCUT2D eigenvalue weighted by molar-refractivity contribution is 0.0957. The van der Waals surface area contributed by atoms with Gasteiger partial charge in [-0.1, -0.05) is 6.07 Å². The Hall–Kier alpha value is -0.870. The van der Waals surface area contributed by atoms with Gasteiger partial charge in [0.1, 0.15) is 0 Å². The van der Waals surface area contributed by atoms with E-state index in [4.69, 9.17) is 4.74 Å². The van der Waals surface area contributed by atoms with Crippen molar-refractivity contribution in [2.45, 2.75) is 12.8 Å². The number of carbonyl (C=O) groups excluding carboxylic acids is 1. The molecule has 8 heteroatoms. The van der Waals surface area contributed by atoms with Crippen molar-refractivity contribution in [1.29, 1.82) is 0 Å². The number of hydrogen-bond acceptors (Lipinski definition) is 4. The lowest BCUT2D eigenvalue weighted by Crippen LogP contribution is -2.39. The molecule has 6 nitrogen and oxygen atoms in total. The SMILES string of the molecule is CN=C(NCCCNC(=O)c1cccs1)NCCCOC.I. The second-order valence-corrected chi connectivity index (χ2v) is 5.31. The van der Waals surface area contributed by atoms with Crippen molar-refractivity contribution >= 4 is 47.2 Å². The van der Waals surface area contributed by atoms with Crippen molar-refractivity contribution in [3.05, 3.63) is 22.4 Å². The molecule has 0 radical (unpaired) electrons. The van der Waals surface area contributed by atoms with Crippen molar-refractivity contribution in [3.8, 4) is 0 Å². The third kappa shape index (κ3) is 9.21. The Morgan fingerprint density at radius 1 is 1.23 bits per heavy atom. The minimum absolute atomic E-state index is 0. The largest absolute Gasteiger partial charge is 0.385 e. The molecule has 0 spiro atoms. The maximum Gasteiger partial charge on any atom is 0.261 e. The fraction of sp³-hybridized carbons (Fsp3) is 0.571. The minimum Gasteiger partial charge on any atom is -0.385 e. The molecule has 0 aliphatic heterocycles. The van der Waals surface area contributed by atoms with Crippen molar-refractivity contribution in [2.75, 3.05) is 40.4 Å². The van der Waals surface area contributed by atoms with Crippen LogP contribution < -0.4 is 16.0 Å². The molecule has 0 saturated heterocycles. The highest BCUT2D eigenvalue weighted by Crippen LogP contribution is 2.07. The first-order valence-corrected chi connectivity index (χ1v) is 7.91. The topological polar surface area (TPSA) is 74.8 Å². The first-order valence-electron chi connectivity index (χ1n) is 7.03. The summed E-state index contributed by atoms with van der Waals surface area (Å²) in [5.74, 6) is 0.766. The lowest BCUT2D eigenvalue weighted by atomic mass is 10.4. The number of thiophene rings is 1. The van der Waals surface area contributed by atoms with Gasteiger partial charge in [-0.15, -0.1) is 35.3 Å². The molecule has 0 atom stereocenters. The highest BCUT2D eigenvalue weighted by Gasteiger charge is 2.04. The Morgan fingerprint density at radius 2 is 1.91 bits per heavy atom. The van der Waals surface area contributed by atoms with Gasteiger partial charge in [0.2, 0.25) is 0 Å². The number of halogens is 1. The molecule has 0 saturated carbocycles. The van der Waals surface area contributed by atoms with E-state index in [9.17, 15) is 4.79 Å². The third-order valence-corrected chi connectivity index (χ3v) is 3.59. The smallest absolute Gasteiger partial charge is 0.261 e. The average Bonchev–Trinajstić information content (AvgIpc) is 3.03. The third-order valence-electron chi connectivity index (χ3n) is 2.72. The second-order valence-electron chi connectivity index (χ2n) is 4.36. The van der Waals surface area contributed by atoms with E-state index in [0.717, 1.165) is 43.4 Å². The molecule has 0 bridgehead atoms. The van der Waals surface area contributed by atoms with Crippen LogP contribution in [-0.4, -0.2) is 52.3 Å². The highest BCUT2D eigenvalue weighted by atomic mass is 127. The Labute approximate surface area is 153 Å². The number of carbonyl (C=O) groups is 1. The molecule has 1 heterocycles. The van der Waals surface area contributed by atoms with Crippen LogP contribution in [0.4, 0.5) is 0 Å². The summed E-state index contributed by atoms with van der Waals surface area (Å²) in [5.41, 5.74) is 0. The maximum atomic E-state index is 11.7. The number of ether oxygens (including phenoxy) is 1. The van der Waals surface area contributed by atoms with Crippen LogP contribution in [0.25, 0.3) is 0 Å². The molecule has 3 N–H and O–H groups in total. The quantitative estimate of drug-likeness (QED) is 0.237. The summed E-state index contributed by atoms with van der Waals surface area (Å²) < 4.78 is 4.98. The number of rotatable bonds is 9. The number of nitrogens with zero attached hydrogens (tertiary/aromatic N) is 1. The molecule has 1 aromatic rings. The number of methoxy groups -OCH3 is 1. The minimum atomic E-state index is -0.00734. The number of aliphatic imine (C=N–C) groups is 1. The molecule has 22 heavy (non-hydrogen) atoms. The monoisotopic (exact) mass is 440 g/mol. The van der Waals surface area contributed by atoms with Crippen LogP contribution in [0.1, 0.15) is 22.5 Å². The molecular weight excluding hydrogens is 415 g/mol. The van der Waals surface area contributed by atoms with Gasteiger partial charge in [0.05, 0.1) is 4.88 Å². The molecule has 0 aromatic carbocycles. The van der Waals surface area contributed by atoms with Gasteiger partial charge in [-0.2, -0.15) is 0 Å². The van der Waals surface area contributed by atoms with Gasteiger partial charge in [-0.05, 0) is 24.3 Å². The van der Waals surface area contributed by atoms with Crippen LogP contribution in [-0.2, 0) is 4.74 Å². The predicted octanol–water partition coefficient (Wildman–Crippen LogP) is 1.69. The van der Waals surface area contributed by atoms with Crippen LogP contribution >= 0.6 is 35.3 Å². The molecule has 1 aromatic heterocycles. The number of hydrogen-bond donors (Lipinski definition) is 3. The first-order chi connectivity index (χ1) is 10.3. The summed E-state index contributed by atoms with van der Waals surface area (Å²) in [6.45, 7) is 2.96. The Balaban J connectivity index is 0.00000441. The van der Waals surface area contributed by atoms with Crippen LogP contribution in [0.5, 0.6) is 0 Å². The van der Waals surface area contributed by atoms with E-state index < -0.39 is 0 Å². The normalized spacial score (nSPS) is 10.7. The predicted molar refractivity (Wildman–Crippen MR) is 103 cm³/mol. The van der Waals surface area contributed by atoms with E-state index in [0.29, 0.717) is 6.54 Å². The zero-order valence-electron chi connectivity index (χ0n) is 13.1. The molecule has 0 unspecified atom stereocenters. The van der Waals surface area contributed by atoms with Gasteiger partial charge in [-0.3, -0.25) is 9.79 Å². The van der Waals surface area contributed by atoms with Crippen LogP contribution in [0.2, 0.25) is 0 Å². The van der Waals surface area contributed by atoms with Gasteiger partial charge in [0.15, 0.2) is 5.96 Å².